The molecule has 2 saturated heterocycles. The van der Waals surface area contributed by atoms with Crippen molar-refractivity contribution in [2.75, 3.05) is 7.11 Å². The van der Waals surface area contributed by atoms with Crippen LogP contribution in [0, 0.1) is 5.92 Å². The van der Waals surface area contributed by atoms with Gasteiger partial charge in [-0.25, -0.2) is 4.98 Å². The van der Waals surface area contributed by atoms with Crippen molar-refractivity contribution in [3.8, 4) is 0 Å². The molecule has 4 heteroatoms. The lowest BCUT2D eigenvalue weighted by atomic mass is 9.83. The second-order valence-electron chi connectivity index (χ2n) is 8.06. The number of hydrogen-bond acceptors (Lipinski definition) is 3. The van der Waals surface area contributed by atoms with Crippen molar-refractivity contribution in [1.82, 2.24) is 14.9 Å². The second-order valence-corrected chi connectivity index (χ2v) is 8.06. The molecular weight excluding hydrogens is 334 g/mol. The van der Waals surface area contributed by atoms with Crippen LogP contribution in [0.3, 0.4) is 0 Å². The number of rotatable bonds is 5. The van der Waals surface area contributed by atoms with E-state index in [9.17, 15) is 0 Å². The Hall–Kier alpha value is -2.17. The second kappa shape index (κ2) is 7.10. The maximum atomic E-state index is 6.06. The van der Waals surface area contributed by atoms with Crippen molar-refractivity contribution in [3.05, 3.63) is 66.0 Å². The Morgan fingerprint density at radius 2 is 1.89 bits per heavy atom. The van der Waals surface area contributed by atoms with Gasteiger partial charge in [0, 0.05) is 19.2 Å². The standard InChI is InChI=1S/C23H27N3O/c1-27-23-17(13-16-7-3-2-4-8-16)14-18-11-12-21(23)26(18)15-22-24-19-9-5-6-10-20(19)25-22/h2-10,17-18,21,23H,11-15H2,1H3,(H,24,25)/t17-,18-,21+,23+/m0/s1. The average molecular weight is 361 g/mol. The molecule has 3 aromatic rings. The van der Waals surface area contributed by atoms with Gasteiger partial charge in [-0.15, -0.1) is 0 Å². The Balaban J connectivity index is 1.35. The minimum absolute atomic E-state index is 0.299. The molecule has 1 aromatic heterocycles. The molecule has 0 amide bonds. The fraction of sp³-hybridized carbons (Fsp3) is 0.435. The van der Waals surface area contributed by atoms with Crippen LogP contribution in [0.4, 0.5) is 0 Å². The van der Waals surface area contributed by atoms with Gasteiger partial charge >= 0.3 is 0 Å². The predicted molar refractivity (Wildman–Crippen MR) is 107 cm³/mol. The number of benzene rings is 2. The molecule has 4 atom stereocenters. The van der Waals surface area contributed by atoms with E-state index in [-0.39, 0.29) is 0 Å². The number of H-pyrrole nitrogens is 1. The van der Waals surface area contributed by atoms with E-state index in [2.05, 4.69) is 58.4 Å². The number of nitrogens with one attached hydrogen (secondary N) is 1. The number of aromatic amines is 1. The lowest BCUT2D eigenvalue weighted by molar-refractivity contribution is -0.0573. The Bertz CT molecular complexity index is 873. The van der Waals surface area contributed by atoms with Gasteiger partial charge in [-0.3, -0.25) is 4.90 Å². The van der Waals surface area contributed by atoms with Crippen LogP contribution in [0.25, 0.3) is 11.0 Å². The molecule has 27 heavy (non-hydrogen) atoms. The van der Waals surface area contributed by atoms with E-state index < -0.39 is 0 Å². The van der Waals surface area contributed by atoms with Crippen LogP contribution in [0.2, 0.25) is 0 Å². The molecule has 3 heterocycles. The number of hydrogen-bond donors (Lipinski definition) is 1. The number of methoxy groups -OCH3 is 1. The monoisotopic (exact) mass is 361 g/mol. The first-order chi connectivity index (χ1) is 13.3. The molecule has 1 N–H and O–H groups in total. The number of nitrogens with zero attached hydrogens (tertiary/aromatic N) is 2. The number of piperidine rings is 1. The minimum Gasteiger partial charge on any atom is -0.380 e. The molecule has 2 aliphatic heterocycles. The molecule has 2 fully saturated rings. The Morgan fingerprint density at radius 3 is 2.70 bits per heavy atom. The Kier molecular flexibility index (Phi) is 4.46. The lowest BCUT2D eigenvalue weighted by Gasteiger charge is -2.44. The van der Waals surface area contributed by atoms with Gasteiger partial charge in [-0.2, -0.15) is 0 Å². The van der Waals surface area contributed by atoms with Crippen LogP contribution >= 0.6 is 0 Å². The van der Waals surface area contributed by atoms with Crippen molar-refractivity contribution >= 4 is 11.0 Å². The third-order valence-corrected chi connectivity index (χ3v) is 6.49. The van der Waals surface area contributed by atoms with Gasteiger partial charge in [-0.1, -0.05) is 42.5 Å². The highest BCUT2D eigenvalue weighted by Crippen LogP contribution is 2.42. The molecule has 2 bridgehead atoms. The molecule has 0 radical (unpaired) electrons. The molecule has 0 saturated carbocycles. The average Bonchev–Trinajstić information content (AvgIpc) is 3.22. The van der Waals surface area contributed by atoms with Crippen LogP contribution in [-0.2, 0) is 17.7 Å². The van der Waals surface area contributed by atoms with Gasteiger partial charge in [-0.05, 0) is 49.3 Å². The van der Waals surface area contributed by atoms with Gasteiger partial charge in [0.25, 0.3) is 0 Å². The number of aromatic nitrogens is 2. The number of para-hydroxylation sites is 2. The fourth-order valence-electron chi connectivity index (χ4n) is 5.34. The fourth-order valence-corrected chi connectivity index (χ4v) is 5.34. The smallest absolute Gasteiger partial charge is 0.121 e. The van der Waals surface area contributed by atoms with Gasteiger partial charge in [0.05, 0.1) is 23.7 Å². The third-order valence-electron chi connectivity index (χ3n) is 6.49. The highest BCUT2D eigenvalue weighted by molar-refractivity contribution is 5.74. The summed E-state index contributed by atoms with van der Waals surface area (Å²) in [7, 11) is 1.89. The molecule has 0 spiro atoms. The summed E-state index contributed by atoms with van der Waals surface area (Å²) in [5, 5.41) is 0. The summed E-state index contributed by atoms with van der Waals surface area (Å²) < 4.78 is 6.06. The van der Waals surface area contributed by atoms with Crippen LogP contribution in [0.5, 0.6) is 0 Å². The molecule has 2 aliphatic rings. The Morgan fingerprint density at radius 1 is 1.07 bits per heavy atom. The largest absolute Gasteiger partial charge is 0.380 e. The summed E-state index contributed by atoms with van der Waals surface area (Å²) in [6.45, 7) is 0.891. The van der Waals surface area contributed by atoms with E-state index in [4.69, 9.17) is 9.72 Å². The van der Waals surface area contributed by atoms with E-state index in [0.717, 1.165) is 29.8 Å². The highest BCUT2D eigenvalue weighted by atomic mass is 16.5. The van der Waals surface area contributed by atoms with Crippen molar-refractivity contribution < 1.29 is 4.74 Å². The summed E-state index contributed by atoms with van der Waals surface area (Å²) in [5.74, 6) is 1.67. The van der Waals surface area contributed by atoms with Gasteiger partial charge in [0.1, 0.15) is 5.82 Å². The van der Waals surface area contributed by atoms with E-state index in [1.165, 1.54) is 24.8 Å². The first-order valence-electron chi connectivity index (χ1n) is 10.1. The van der Waals surface area contributed by atoms with E-state index in [1.54, 1.807) is 0 Å². The molecule has 4 nitrogen and oxygen atoms in total. The molecule has 0 unspecified atom stereocenters. The van der Waals surface area contributed by atoms with Gasteiger partial charge < -0.3 is 9.72 Å². The number of imidazole rings is 1. The first kappa shape index (κ1) is 17.0. The summed E-state index contributed by atoms with van der Waals surface area (Å²) in [6.07, 6.45) is 5.13. The zero-order valence-corrected chi connectivity index (χ0v) is 15.8. The molecular formula is C23H27N3O. The van der Waals surface area contributed by atoms with E-state index in [0.29, 0.717) is 24.1 Å². The van der Waals surface area contributed by atoms with Gasteiger partial charge in [0.15, 0.2) is 0 Å². The maximum Gasteiger partial charge on any atom is 0.121 e. The van der Waals surface area contributed by atoms with Crippen molar-refractivity contribution in [1.29, 1.82) is 0 Å². The van der Waals surface area contributed by atoms with Gasteiger partial charge in [0.2, 0.25) is 0 Å². The summed E-state index contributed by atoms with van der Waals surface area (Å²) in [6, 6.07) is 20.3. The highest BCUT2D eigenvalue weighted by Gasteiger charge is 2.47. The zero-order valence-electron chi connectivity index (χ0n) is 15.8. The predicted octanol–water partition coefficient (Wildman–Crippen LogP) is 4.17. The molecule has 5 rings (SSSR count). The first-order valence-corrected chi connectivity index (χ1v) is 10.1. The lowest BCUT2D eigenvalue weighted by Crippen LogP contribution is -2.52. The van der Waals surface area contributed by atoms with Crippen molar-refractivity contribution in [2.24, 2.45) is 5.92 Å². The zero-order chi connectivity index (χ0) is 18.2. The molecule has 0 aliphatic carbocycles. The maximum absolute atomic E-state index is 6.06. The molecule has 2 aromatic carbocycles. The van der Waals surface area contributed by atoms with Crippen LogP contribution < -0.4 is 0 Å². The summed E-state index contributed by atoms with van der Waals surface area (Å²) in [4.78, 5) is 11.0. The Labute approximate surface area is 160 Å². The van der Waals surface area contributed by atoms with Crippen LogP contribution in [-0.4, -0.2) is 40.2 Å². The number of ether oxygens (including phenoxy) is 1. The quantitative estimate of drug-likeness (QED) is 0.741. The van der Waals surface area contributed by atoms with Crippen molar-refractivity contribution in [3.63, 3.8) is 0 Å². The number of fused-ring (bicyclic) bond motifs is 3. The van der Waals surface area contributed by atoms with Crippen LogP contribution in [0.15, 0.2) is 54.6 Å². The van der Waals surface area contributed by atoms with E-state index in [1.807, 2.05) is 13.2 Å². The third kappa shape index (κ3) is 3.17. The summed E-state index contributed by atoms with van der Waals surface area (Å²) >= 11 is 0. The van der Waals surface area contributed by atoms with E-state index >= 15 is 0 Å². The SMILES string of the molecule is CO[C@@H]1[C@@H](Cc2ccccc2)C[C@@H]2CC[C@H]1N2Cc1nc2ccccc2[nH]1. The summed E-state index contributed by atoms with van der Waals surface area (Å²) in [5.41, 5.74) is 3.61. The normalized spacial score (nSPS) is 28.0. The minimum atomic E-state index is 0.299. The molecule has 140 valence electrons. The van der Waals surface area contributed by atoms with Crippen LogP contribution in [0.1, 0.15) is 30.7 Å². The topological polar surface area (TPSA) is 41.1 Å². The van der Waals surface area contributed by atoms with Crippen molar-refractivity contribution in [2.45, 2.75) is 50.4 Å².